The van der Waals surface area contributed by atoms with Crippen LogP contribution in [-0.4, -0.2) is 23.6 Å². The number of nitrogens with zero attached hydrogens (tertiary/aromatic N) is 3. The van der Waals surface area contributed by atoms with Gasteiger partial charge in [0.25, 0.3) is 10.0 Å². The molecule has 1 N–H and O–H groups in total. The van der Waals surface area contributed by atoms with Crippen LogP contribution in [0.1, 0.15) is 60.7 Å². The lowest BCUT2D eigenvalue weighted by molar-refractivity contribution is 0.308. The third-order valence-electron chi connectivity index (χ3n) is 5.57. The monoisotopic (exact) mass is 542 g/mol. The first-order valence-electron chi connectivity index (χ1n) is 11.9. The molecule has 0 saturated carbocycles. The molecule has 0 aliphatic carbocycles. The summed E-state index contributed by atoms with van der Waals surface area (Å²) in [5.74, 6) is 0.771. The minimum atomic E-state index is -3.76. The number of aromatic nitrogens is 3. The van der Waals surface area contributed by atoms with Crippen LogP contribution in [0.4, 0.5) is 5.13 Å². The highest BCUT2D eigenvalue weighted by Gasteiger charge is 2.18. The van der Waals surface area contributed by atoms with Gasteiger partial charge in [-0.2, -0.15) is 0 Å². The number of sulfonamides is 1. The van der Waals surface area contributed by atoms with Crippen molar-refractivity contribution < 1.29 is 13.2 Å². The first-order chi connectivity index (χ1) is 17.2. The van der Waals surface area contributed by atoms with E-state index in [1.54, 1.807) is 23.5 Å². The van der Waals surface area contributed by atoms with Crippen LogP contribution in [0.2, 0.25) is 0 Å². The van der Waals surface area contributed by atoms with Crippen LogP contribution in [0.15, 0.2) is 53.4 Å². The fourth-order valence-electron chi connectivity index (χ4n) is 3.43. The smallest absolute Gasteiger partial charge is 0.263 e. The molecule has 0 bridgehead atoms. The zero-order valence-electron chi connectivity index (χ0n) is 20.8. The minimum absolute atomic E-state index is 0.134. The molecule has 0 fully saturated rings. The highest BCUT2D eigenvalue weighted by molar-refractivity contribution is 7.93. The Labute approximate surface area is 220 Å². The van der Waals surface area contributed by atoms with Gasteiger partial charge in [-0.1, -0.05) is 62.8 Å². The maximum atomic E-state index is 12.7. The highest BCUT2D eigenvalue weighted by atomic mass is 32.2. The number of thiazole rings is 1. The Morgan fingerprint density at radius 3 is 2.36 bits per heavy atom. The van der Waals surface area contributed by atoms with E-state index in [1.807, 2.05) is 20.8 Å². The molecule has 0 amide bonds. The Kier molecular flexibility index (Phi) is 8.38. The number of hydrogen-bond acceptors (Lipinski definition) is 8. The van der Waals surface area contributed by atoms with Gasteiger partial charge in [-0.3, -0.25) is 4.72 Å². The van der Waals surface area contributed by atoms with Crippen LogP contribution in [0.5, 0.6) is 5.75 Å². The predicted octanol–water partition coefficient (Wildman–Crippen LogP) is 6.82. The number of unbranched alkanes of at least 4 members (excludes halogenated alkanes) is 1. The van der Waals surface area contributed by atoms with Gasteiger partial charge in [0.15, 0.2) is 0 Å². The Morgan fingerprint density at radius 1 is 1.00 bits per heavy atom. The van der Waals surface area contributed by atoms with Gasteiger partial charge in [0.05, 0.1) is 15.5 Å². The van der Waals surface area contributed by atoms with Crippen LogP contribution in [0, 0.1) is 6.92 Å². The van der Waals surface area contributed by atoms with E-state index in [1.165, 1.54) is 41.9 Å². The average molecular weight is 543 g/mol. The van der Waals surface area contributed by atoms with Crippen molar-refractivity contribution in [2.75, 3.05) is 4.72 Å². The summed E-state index contributed by atoms with van der Waals surface area (Å²) in [5.41, 5.74) is 3.39. The summed E-state index contributed by atoms with van der Waals surface area (Å²) < 4.78 is 33.8. The first kappa shape index (κ1) is 26.2. The predicted molar refractivity (Wildman–Crippen MR) is 146 cm³/mol. The topological polar surface area (TPSA) is 94.1 Å². The Morgan fingerprint density at radius 2 is 1.72 bits per heavy atom. The maximum absolute atomic E-state index is 12.7. The van der Waals surface area contributed by atoms with Gasteiger partial charge in [-0.15, -0.1) is 21.5 Å². The van der Waals surface area contributed by atoms with E-state index >= 15 is 0 Å². The van der Waals surface area contributed by atoms with Gasteiger partial charge in [-0.05, 0) is 49.6 Å². The molecule has 0 saturated heterocycles. The van der Waals surface area contributed by atoms with Crippen molar-refractivity contribution in [3.8, 4) is 16.3 Å². The minimum Gasteiger partial charge on any atom is -0.488 e. The maximum Gasteiger partial charge on any atom is 0.263 e. The molecular weight excluding hydrogens is 513 g/mol. The van der Waals surface area contributed by atoms with Crippen molar-refractivity contribution in [3.63, 3.8) is 0 Å². The number of hydrogen-bond donors (Lipinski definition) is 1. The second-order valence-corrected chi connectivity index (χ2v) is 12.6. The van der Waals surface area contributed by atoms with E-state index in [-0.39, 0.29) is 15.9 Å². The Hall–Kier alpha value is -2.82. The molecule has 4 aromatic rings. The quantitative estimate of drug-likeness (QED) is 0.224. The summed E-state index contributed by atoms with van der Waals surface area (Å²) in [6.45, 7) is 8.52. The first-order valence-corrected chi connectivity index (χ1v) is 15.0. The van der Waals surface area contributed by atoms with E-state index in [0.717, 1.165) is 32.6 Å². The lowest BCUT2D eigenvalue weighted by Gasteiger charge is -2.08. The second kappa shape index (κ2) is 11.5. The van der Waals surface area contributed by atoms with E-state index in [0.29, 0.717) is 12.4 Å². The third-order valence-corrected chi connectivity index (χ3v) is 9.38. The SMILES string of the molecule is CCCCc1ccc(-c2nc(C)c(COc3ccc(S(=O)(=O)Nc4nnc(C(C)C)s4)cc3)s2)cc1. The van der Waals surface area contributed by atoms with Crippen LogP contribution in [0.3, 0.4) is 0 Å². The third kappa shape index (κ3) is 6.48. The Bertz CT molecular complexity index is 1390. The molecule has 0 aliphatic rings. The molecule has 0 atom stereocenters. The molecule has 10 heteroatoms. The van der Waals surface area contributed by atoms with Crippen molar-refractivity contribution in [3.05, 3.63) is 69.7 Å². The summed E-state index contributed by atoms with van der Waals surface area (Å²) in [7, 11) is -3.76. The molecular formula is C26H30N4O3S3. The highest BCUT2D eigenvalue weighted by Crippen LogP contribution is 2.30. The van der Waals surface area contributed by atoms with Gasteiger partial charge < -0.3 is 4.74 Å². The van der Waals surface area contributed by atoms with Crippen LogP contribution in [0.25, 0.3) is 10.6 Å². The molecule has 0 spiro atoms. The number of anilines is 1. The standard InChI is InChI=1S/C26H30N4O3S3/c1-5-6-7-19-8-10-20(11-9-19)25-27-18(4)23(34-25)16-33-21-12-14-22(15-13-21)36(31,32)30-26-29-28-24(35-26)17(2)3/h8-15,17H,5-7,16H2,1-4H3,(H,29,30). The summed E-state index contributed by atoms with van der Waals surface area (Å²) >= 11 is 2.85. The molecule has 0 aliphatic heterocycles. The van der Waals surface area contributed by atoms with Crippen molar-refractivity contribution in [1.82, 2.24) is 15.2 Å². The zero-order valence-corrected chi connectivity index (χ0v) is 23.3. The van der Waals surface area contributed by atoms with Gasteiger partial charge in [0, 0.05) is 11.5 Å². The van der Waals surface area contributed by atoms with Crippen molar-refractivity contribution >= 4 is 37.8 Å². The van der Waals surface area contributed by atoms with Gasteiger partial charge in [0.2, 0.25) is 5.13 Å². The van der Waals surface area contributed by atoms with Gasteiger partial charge >= 0.3 is 0 Å². The van der Waals surface area contributed by atoms with E-state index in [9.17, 15) is 8.42 Å². The molecule has 0 radical (unpaired) electrons. The van der Waals surface area contributed by atoms with E-state index < -0.39 is 10.0 Å². The molecule has 2 heterocycles. The van der Waals surface area contributed by atoms with E-state index in [4.69, 9.17) is 9.72 Å². The summed E-state index contributed by atoms with van der Waals surface area (Å²) in [5, 5.41) is 9.95. The van der Waals surface area contributed by atoms with Crippen LogP contribution < -0.4 is 9.46 Å². The Balaban J connectivity index is 1.38. The lowest BCUT2D eigenvalue weighted by Crippen LogP contribution is -2.12. The normalized spacial score (nSPS) is 11.7. The molecule has 190 valence electrons. The molecule has 2 aromatic carbocycles. The van der Waals surface area contributed by atoms with Crippen molar-refractivity contribution in [1.29, 1.82) is 0 Å². The van der Waals surface area contributed by atoms with Crippen molar-refractivity contribution in [2.45, 2.75) is 64.4 Å². The molecule has 7 nitrogen and oxygen atoms in total. The number of aryl methyl sites for hydroxylation is 2. The average Bonchev–Trinajstić information content (AvgIpc) is 3.48. The molecule has 36 heavy (non-hydrogen) atoms. The van der Waals surface area contributed by atoms with E-state index in [2.05, 4.69) is 46.1 Å². The molecule has 0 unspecified atom stereocenters. The number of ether oxygens (including phenoxy) is 1. The largest absolute Gasteiger partial charge is 0.488 e. The van der Waals surface area contributed by atoms with Gasteiger partial charge in [0.1, 0.15) is 22.4 Å². The van der Waals surface area contributed by atoms with Crippen LogP contribution >= 0.6 is 22.7 Å². The lowest BCUT2D eigenvalue weighted by atomic mass is 10.1. The van der Waals surface area contributed by atoms with Gasteiger partial charge in [-0.25, -0.2) is 13.4 Å². The molecule has 2 aromatic heterocycles. The second-order valence-electron chi connectivity index (χ2n) is 8.79. The summed E-state index contributed by atoms with van der Waals surface area (Å²) in [6.07, 6.45) is 3.49. The number of nitrogens with one attached hydrogen (secondary N) is 1. The molecule has 4 rings (SSSR count). The summed E-state index contributed by atoms with van der Waals surface area (Å²) in [6, 6.07) is 15.0. The summed E-state index contributed by atoms with van der Waals surface area (Å²) in [4.78, 5) is 5.90. The van der Waals surface area contributed by atoms with Crippen molar-refractivity contribution in [2.24, 2.45) is 0 Å². The fourth-order valence-corrected chi connectivity index (χ4v) is 6.38. The number of benzene rings is 2. The number of rotatable bonds is 11. The van der Waals surface area contributed by atoms with Crippen LogP contribution in [-0.2, 0) is 23.1 Å². The fraction of sp³-hybridized carbons (Fsp3) is 0.346. The zero-order chi connectivity index (χ0) is 25.7.